The number of nitrogens with one attached hydrogen (secondary N) is 1. The fraction of sp³-hybridized carbons (Fsp3) is 0.364. The lowest BCUT2D eigenvalue weighted by Crippen LogP contribution is -2.33. The van der Waals surface area contributed by atoms with Crippen LogP contribution in [0, 0.1) is 5.41 Å². The highest BCUT2D eigenvalue weighted by Crippen LogP contribution is 2.37. The molecular formula is C22H25ClN2O6S. The number of amides is 2. The average Bonchev–Trinajstić information content (AvgIpc) is 2.90. The number of ether oxygens (including phenoxy) is 2. The monoisotopic (exact) mass is 480 g/mol. The highest BCUT2D eigenvalue weighted by Gasteiger charge is 2.50. The van der Waals surface area contributed by atoms with Crippen LogP contribution in [0.5, 0.6) is 11.5 Å². The minimum Gasteiger partial charge on any atom is -0.493 e. The first-order valence-electron chi connectivity index (χ1n) is 9.86. The van der Waals surface area contributed by atoms with Crippen molar-refractivity contribution in [2.45, 2.75) is 20.3 Å². The Kier molecular flexibility index (Phi) is 6.71. The van der Waals surface area contributed by atoms with Gasteiger partial charge in [0.15, 0.2) is 11.5 Å². The van der Waals surface area contributed by atoms with Crippen molar-refractivity contribution in [1.29, 1.82) is 0 Å². The molecule has 1 aliphatic heterocycles. The van der Waals surface area contributed by atoms with Gasteiger partial charge in [0.25, 0.3) is 5.91 Å². The van der Waals surface area contributed by atoms with Gasteiger partial charge in [-0.1, -0.05) is 17.7 Å². The molecule has 0 bridgehead atoms. The Morgan fingerprint density at radius 3 is 2.41 bits per heavy atom. The van der Waals surface area contributed by atoms with Crippen LogP contribution >= 0.6 is 11.6 Å². The molecule has 0 radical (unpaired) electrons. The van der Waals surface area contributed by atoms with E-state index in [1.807, 2.05) is 12.1 Å². The molecule has 32 heavy (non-hydrogen) atoms. The van der Waals surface area contributed by atoms with Crippen molar-refractivity contribution in [3.63, 3.8) is 0 Å². The number of sulfonamides is 1. The Labute approximate surface area is 192 Å². The van der Waals surface area contributed by atoms with Crippen LogP contribution in [0.25, 0.3) is 0 Å². The van der Waals surface area contributed by atoms with Gasteiger partial charge >= 0.3 is 0 Å². The predicted molar refractivity (Wildman–Crippen MR) is 122 cm³/mol. The van der Waals surface area contributed by atoms with Crippen LogP contribution in [0.1, 0.15) is 29.8 Å². The molecule has 1 heterocycles. The Morgan fingerprint density at radius 2 is 1.81 bits per heavy atom. The molecule has 1 N–H and O–H groups in total. The molecule has 0 unspecified atom stereocenters. The number of halogens is 1. The molecule has 0 aromatic heterocycles. The maximum atomic E-state index is 12.7. The Hall–Kier alpha value is -2.78. The quantitative estimate of drug-likeness (QED) is 0.653. The first-order valence-corrected chi connectivity index (χ1v) is 11.8. The third kappa shape index (κ3) is 4.68. The fourth-order valence-electron chi connectivity index (χ4n) is 3.53. The van der Waals surface area contributed by atoms with Gasteiger partial charge in [-0.3, -0.25) is 9.59 Å². The summed E-state index contributed by atoms with van der Waals surface area (Å²) < 4.78 is 36.3. The van der Waals surface area contributed by atoms with Crippen LogP contribution in [0.15, 0.2) is 36.4 Å². The number of benzene rings is 2. The highest BCUT2D eigenvalue weighted by molar-refractivity contribution is 7.94. The normalized spacial score (nSPS) is 16.7. The van der Waals surface area contributed by atoms with Crippen molar-refractivity contribution in [3.05, 3.63) is 52.5 Å². The molecule has 10 heteroatoms. The third-order valence-electron chi connectivity index (χ3n) is 5.16. The van der Waals surface area contributed by atoms with Crippen LogP contribution < -0.4 is 19.1 Å². The maximum absolute atomic E-state index is 12.7. The summed E-state index contributed by atoms with van der Waals surface area (Å²) in [5.41, 5.74) is 0.0679. The van der Waals surface area contributed by atoms with Gasteiger partial charge in [0, 0.05) is 6.54 Å². The largest absolute Gasteiger partial charge is 0.493 e. The van der Waals surface area contributed by atoms with Crippen LogP contribution in [0.2, 0.25) is 5.02 Å². The van der Waals surface area contributed by atoms with Gasteiger partial charge in [0.1, 0.15) is 0 Å². The Bertz CT molecular complexity index is 1160. The summed E-state index contributed by atoms with van der Waals surface area (Å²) in [7, 11) is -0.731. The second-order valence-electron chi connectivity index (χ2n) is 8.07. The lowest BCUT2D eigenvalue weighted by atomic mass is 9.95. The molecular weight excluding hydrogens is 456 g/mol. The zero-order chi connectivity index (χ0) is 23.7. The summed E-state index contributed by atoms with van der Waals surface area (Å²) >= 11 is 6.19. The molecule has 0 atom stereocenters. The van der Waals surface area contributed by atoms with Crippen LogP contribution in [-0.2, 0) is 21.2 Å². The number of methoxy groups -OCH3 is 2. The molecule has 1 aliphatic rings. The van der Waals surface area contributed by atoms with Crippen molar-refractivity contribution in [3.8, 4) is 11.5 Å². The van der Waals surface area contributed by atoms with Crippen molar-refractivity contribution < 1.29 is 27.5 Å². The number of carbonyl (C=O) groups excluding carboxylic acids is 2. The van der Waals surface area contributed by atoms with Gasteiger partial charge in [-0.05, 0) is 56.2 Å². The molecule has 3 rings (SSSR count). The first kappa shape index (κ1) is 23.9. The zero-order valence-electron chi connectivity index (χ0n) is 18.3. The van der Waals surface area contributed by atoms with E-state index in [0.29, 0.717) is 24.5 Å². The van der Waals surface area contributed by atoms with Crippen molar-refractivity contribution in [1.82, 2.24) is 5.32 Å². The van der Waals surface area contributed by atoms with E-state index >= 15 is 0 Å². The molecule has 172 valence electrons. The number of nitrogens with zero attached hydrogens (tertiary/aromatic N) is 1. The van der Waals surface area contributed by atoms with E-state index in [4.69, 9.17) is 21.1 Å². The maximum Gasteiger partial charge on any atom is 0.252 e. The minimum absolute atomic E-state index is 0.0872. The molecule has 8 nitrogen and oxygen atoms in total. The van der Waals surface area contributed by atoms with Crippen LogP contribution in [0.4, 0.5) is 5.69 Å². The Balaban J connectivity index is 1.75. The van der Waals surface area contributed by atoms with E-state index in [-0.39, 0.29) is 22.0 Å². The summed E-state index contributed by atoms with van der Waals surface area (Å²) in [5.74, 6) is -0.112. The summed E-state index contributed by atoms with van der Waals surface area (Å²) in [5, 5.41) is 2.93. The zero-order valence-corrected chi connectivity index (χ0v) is 19.8. The predicted octanol–water partition coefficient (Wildman–Crippen LogP) is 3.03. The molecule has 2 aromatic carbocycles. The highest BCUT2D eigenvalue weighted by atomic mass is 35.5. The lowest BCUT2D eigenvalue weighted by Gasteiger charge is -2.18. The number of rotatable bonds is 7. The molecule has 1 fully saturated rings. The van der Waals surface area contributed by atoms with Crippen molar-refractivity contribution >= 4 is 39.1 Å². The van der Waals surface area contributed by atoms with Gasteiger partial charge in [0.2, 0.25) is 15.9 Å². The molecule has 0 saturated carbocycles. The van der Waals surface area contributed by atoms with Gasteiger partial charge in [-0.25, -0.2) is 12.7 Å². The third-order valence-corrected chi connectivity index (χ3v) is 7.51. The number of hydrogen-bond acceptors (Lipinski definition) is 6. The molecule has 0 spiro atoms. The van der Waals surface area contributed by atoms with Gasteiger partial charge in [-0.2, -0.15) is 0 Å². The SMILES string of the molecule is COc1ccc(CCNC(=O)c2cc(N3C(=O)C(C)(C)CS3(=O)=O)ccc2Cl)cc1OC. The topological polar surface area (TPSA) is 102 Å². The van der Waals surface area contributed by atoms with E-state index in [9.17, 15) is 18.0 Å². The smallest absolute Gasteiger partial charge is 0.252 e. The minimum atomic E-state index is -3.83. The Morgan fingerprint density at radius 1 is 1.12 bits per heavy atom. The lowest BCUT2D eigenvalue weighted by molar-refractivity contribution is -0.123. The van der Waals surface area contributed by atoms with E-state index < -0.39 is 27.3 Å². The van der Waals surface area contributed by atoms with E-state index in [2.05, 4.69) is 5.32 Å². The van der Waals surface area contributed by atoms with E-state index in [0.717, 1.165) is 9.87 Å². The second-order valence-corrected chi connectivity index (χ2v) is 10.3. The standard InChI is InChI=1S/C22H25ClN2O6S/c1-22(2)13-32(28,29)25(21(22)27)15-6-7-17(23)16(12-15)20(26)24-10-9-14-5-8-18(30-3)19(11-14)31-4/h5-8,11-12H,9-10,13H2,1-4H3,(H,24,26). The fourth-order valence-corrected chi connectivity index (χ4v) is 5.83. The molecule has 0 aliphatic carbocycles. The van der Waals surface area contributed by atoms with Crippen LogP contribution in [0.3, 0.4) is 0 Å². The summed E-state index contributed by atoms with van der Waals surface area (Å²) in [6.07, 6.45) is 0.524. The number of anilines is 1. The van der Waals surface area contributed by atoms with Crippen molar-refractivity contribution in [2.24, 2.45) is 5.41 Å². The summed E-state index contributed by atoms with van der Waals surface area (Å²) in [4.78, 5) is 25.4. The van der Waals surface area contributed by atoms with E-state index in [1.165, 1.54) is 18.2 Å². The first-order chi connectivity index (χ1) is 15.0. The molecule has 2 aromatic rings. The number of hydrogen-bond donors (Lipinski definition) is 1. The van der Waals surface area contributed by atoms with Crippen LogP contribution in [-0.4, -0.2) is 46.7 Å². The number of carbonyl (C=O) groups is 2. The summed E-state index contributed by atoms with van der Waals surface area (Å²) in [6.45, 7) is 3.46. The molecule has 2 amide bonds. The summed E-state index contributed by atoms with van der Waals surface area (Å²) in [6, 6.07) is 9.63. The molecule has 1 saturated heterocycles. The van der Waals surface area contributed by atoms with Crippen molar-refractivity contribution in [2.75, 3.05) is 30.8 Å². The van der Waals surface area contributed by atoms with Gasteiger partial charge in [0.05, 0.1) is 41.7 Å². The average molecular weight is 481 g/mol. The van der Waals surface area contributed by atoms with Gasteiger partial charge < -0.3 is 14.8 Å². The second kappa shape index (κ2) is 8.99. The van der Waals surface area contributed by atoms with Gasteiger partial charge in [-0.15, -0.1) is 0 Å². The van der Waals surface area contributed by atoms with E-state index in [1.54, 1.807) is 34.1 Å².